The molecule has 0 radical (unpaired) electrons. The number of nitrogens with zero attached hydrogens (tertiary/aromatic N) is 2. The topological polar surface area (TPSA) is 72.2 Å². The second-order valence-corrected chi connectivity index (χ2v) is 8.14. The van der Waals surface area contributed by atoms with Crippen LogP contribution in [0.1, 0.15) is 36.6 Å². The van der Waals surface area contributed by atoms with Crippen molar-refractivity contribution < 1.29 is 14.3 Å². The van der Waals surface area contributed by atoms with Crippen LogP contribution < -0.4 is 0 Å². The van der Waals surface area contributed by atoms with Crippen LogP contribution in [0.2, 0.25) is 0 Å². The number of aromatic nitrogens is 1. The minimum atomic E-state index is -0.326. The minimum Gasteiger partial charge on any atom is -0.458 e. The van der Waals surface area contributed by atoms with Crippen LogP contribution in [0.3, 0.4) is 0 Å². The van der Waals surface area contributed by atoms with Gasteiger partial charge in [-0.25, -0.2) is 4.98 Å². The number of carbonyl (C=O) groups is 1. The fourth-order valence-corrected chi connectivity index (χ4v) is 4.22. The van der Waals surface area contributed by atoms with Gasteiger partial charge in [-0.3, -0.25) is 4.79 Å². The molecular formula is C20H28N2O3S2. The van der Waals surface area contributed by atoms with E-state index in [9.17, 15) is 10.1 Å². The van der Waals surface area contributed by atoms with Gasteiger partial charge < -0.3 is 9.47 Å². The number of unbranched alkanes of at least 4 members (excludes halogenated alkanes) is 1. The molecule has 1 rings (SSSR count). The van der Waals surface area contributed by atoms with Crippen molar-refractivity contribution in [2.24, 2.45) is 0 Å². The summed E-state index contributed by atoms with van der Waals surface area (Å²) in [6.45, 7) is 10.3. The molecule has 1 aromatic heterocycles. The van der Waals surface area contributed by atoms with Crippen LogP contribution in [0.4, 0.5) is 0 Å². The predicted molar refractivity (Wildman–Crippen MR) is 112 cm³/mol. The first-order chi connectivity index (χ1) is 13.0. The maximum absolute atomic E-state index is 12.3. The molecule has 0 aliphatic rings. The van der Waals surface area contributed by atoms with Crippen LogP contribution >= 0.6 is 23.5 Å². The Bertz CT molecular complexity index is 659. The van der Waals surface area contributed by atoms with E-state index in [-0.39, 0.29) is 17.8 Å². The maximum atomic E-state index is 12.3. The van der Waals surface area contributed by atoms with Crippen molar-refractivity contribution in [3.05, 3.63) is 35.5 Å². The fraction of sp³-hybridized carbons (Fsp3) is 0.550. The quantitative estimate of drug-likeness (QED) is 0.208. The molecule has 0 aromatic carbocycles. The molecule has 0 aliphatic carbocycles. The van der Waals surface area contributed by atoms with E-state index in [4.69, 9.17) is 9.47 Å². The number of aryl methyl sites for hydroxylation is 2. The molecule has 1 atom stereocenters. The molecule has 0 N–H and O–H groups in total. The van der Waals surface area contributed by atoms with Gasteiger partial charge in [0.15, 0.2) is 0 Å². The molecule has 7 heteroatoms. The van der Waals surface area contributed by atoms with E-state index in [0.717, 1.165) is 29.9 Å². The lowest BCUT2D eigenvalue weighted by Gasteiger charge is -2.17. The van der Waals surface area contributed by atoms with Crippen LogP contribution in [0, 0.1) is 25.2 Å². The average Bonchev–Trinajstić information content (AvgIpc) is 2.63. The molecule has 0 bridgehead atoms. The molecule has 27 heavy (non-hydrogen) atoms. The van der Waals surface area contributed by atoms with Crippen molar-refractivity contribution in [1.82, 2.24) is 4.98 Å². The molecule has 5 nitrogen and oxygen atoms in total. The highest BCUT2D eigenvalue weighted by Crippen LogP contribution is 2.24. The Hall–Kier alpha value is -1.49. The number of rotatable bonds is 13. The monoisotopic (exact) mass is 408 g/mol. The second kappa shape index (κ2) is 13.6. The third-order valence-corrected chi connectivity index (χ3v) is 5.67. The Kier molecular flexibility index (Phi) is 11.9. The van der Waals surface area contributed by atoms with Gasteiger partial charge in [-0.1, -0.05) is 31.2 Å². The number of esters is 1. The van der Waals surface area contributed by atoms with E-state index in [1.165, 1.54) is 11.8 Å². The molecule has 1 unspecified atom stereocenters. The van der Waals surface area contributed by atoms with Crippen molar-refractivity contribution >= 4 is 29.5 Å². The SMILES string of the molecule is C=CCOCC(CSCCCC)OC(=O)CSc1nc(C)cc(C)c1C#N. The van der Waals surface area contributed by atoms with E-state index in [2.05, 4.69) is 24.6 Å². The highest BCUT2D eigenvalue weighted by molar-refractivity contribution is 8.00. The normalized spacial score (nSPS) is 11.6. The van der Waals surface area contributed by atoms with Crippen molar-refractivity contribution in [3.8, 4) is 6.07 Å². The smallest absolute Gasteiger partial charge is 0.316 e. The van der Waals surface area contributed by atoms with Gasteiger partial charge in [0.1, 0.15) is 17.2 Å². The maximum Gasteiger partial charge on any atom is 0.316 e. The summed E-state index contributed by atoms with van der Waals surface area (Å²) in [7, 11) is 0. The van der Waals surface area contributed by atoms with E-state index in [1.807, 2.05) is 19.9 Å². The number of thioether (sulfide) groups is 2. The standard InChI is InChI=1S/C20H28N2O3S2/c1-5-7-9-26-13-17(12-24-8-6-2)25-19(23)14-27-20-18(11-21)15(3)10-16(4)22-20/h6,10,17H,2,5,7-9,12-14H2,1,3-4H3. The molecule has 0 spiro atoms. The van der Waals surface area contributed by atoms with E-state index >= 15 is 0 Å². The molecule has 148 valence electrons. The summed E-state index contributed by atoms with van der Waals surface area (Å²) < 4.78 is 11.0. The Labute approximate surface area is 170 Å². The van der Waals surface area contributed by atoms with Gasteiger partial charge in [0.25, 0.3) is 0 Å². The van der Waals surface area contributed by atoms with E-state index in [0.29, 0.717) is 29.6 Å². The van der Waals surface area contributed by atoms with Gasteiger partial charge in [0, 0.05) is 11.4 Å². The summed E-state index contributed by atoms with van der Waals surface area (Å²) in [5.74, 6) is 1.54. The number of hydrogen-bond acceptors (Lipinski definition) is 7. The van der Waals surface area contributed by atoms with Crippen molar-refractivity contribution in [2.45, 2.75) is 44.7 Å². The molecule has 0 aliphatic heterocycles. The van der Waals surface area contributed by atoms with Crippen LogP contribution in [0.25, 0.3) is 0 Å². The summed E-state index contributed by atoms with van der Waals surface area (Å²) in [4.78, 5) is 16.7. The van der Waals surface area contributed by atoms with Gasteiger partial charge >= 0.3 is 5.97 Å². The van der Waals surface area contributed by atoms with Gasteiger partial charge in [-0.15, -0.1) is 6.58 Å². The summed E-state index contributed by atoms with van der Waals surface area (Å²) in [6.07, 6.45) is 3.67. The molecule has 0 saturated carbocycles. The highest BCUT2D eigenvalue weighted by Gasteiger charge is 2.17. The first-order valence-corrected chi connectivity index (χ1v) is 11.1. The number of hydrogen-bond donors (Lipinski definition) is 0. The van der Waals surface area contributed by atoms with Gasteiger partial charge in [-0.05, 0) is 37.7 Å². The fourth-order valence-electron chi connectivity index (χ4n) is 2.25. The van der Waals surface area contributed by atoms with Crippen LogP contribution in [0.15, 0.2) is 23.7 Å². The first kappa shape index (κ1) is 23.5. The Morgan fingerprint density at radius 2 is 2.26 bits per heavy atom. The molecule has 1 aromatic rings. The lowest BCUT2D eigenvalue weighted by Crippen LogP contribution is -2.27. The summed E-state index contributed by atoms with van der Waals surface area (Å²) in [5, 5.41) is 9.89. The lowest BCUT2D eigenvalue weighted by molar-refractivity contribution is -0.147. The lowest BCUT2D eigenvalue weighted by atomic mass is 10.1. The number of nitriles is 1. The number of pyridine rings is 1. The van der Waals surface area contributed by atoms with Crippen molar-refractivity contribution in [1.29, 1.82) is 5.26 Å². The summed E-state index contributed by atoms with van der Waals surface area (Å²) in [6, 6.07) is 4.02. The largest absolute Gasteiger partial charge is 0.458 e. The number of ether oxygens (including phenoxy) is 2. The Morgan fingerprint density at radius 3 is 2.93 bits per heavy atom. The molecule has 0 fully saturated rings. The van der Waals surface area contributed by atoms with Crippen LogP contribution in [-0.4, -0.2) is 47.5 Å². The zero-order valence-electron chi connectivity index (χ0n) is 16.3. The van der Waals surface area contributed by atoms with E-state index < -0.39 is 0 Å². The molecule has 0 amide bonds. The number of carbonyl (C=O) groups excluding carboxylic acids is 1. The molecule has 1 heterocycles. The van der Waals surface area contributed by atoms with Crippen LogP contribution in [0.5, 0.6) is 0 Å². The summed E-state index contributed by atoms with van der Waals surface area (Å²) >= 11 is 3.00. The zero-order chi connectivity index (χ0) is 20.1. The first-order valence-electron chi connectivity index (χ1n) is 8.98. The van der Waals surface area contributed by atoms with Gasteiger partial charge in [-0.2, -0.15) is 17.0 Å². The Balaban J connectivity index is 2.59. The zero-order valence-corrected chi connectivity index (χ0v) is 18.0. The van der Waals surface area contributed by atoms with Gasteiger partial charge in [0.05, 0.1) is 24.5 Å². The van der Waals surface area contributed by atoms with Crippen molar-refractivity contribution in [3.63, 3.8) is 0 Å². The third kappa shape index (κ3) is 9.32. The molecular weight excluding hydrogens is 380 g/mol. The minimum absolute atomic E-state index is 0.113. The second-order valence-electron chi connectivity index (χ2n) is 6.03. The van der Waals surface area contributed by atoms with Crippen LogP contribution in [-0.2, 0) is 14.3 Å². The predicted octanol–water partition coefficient (Wildman–Crippen LogP) is 4.31. The van der Waals surface area contributed by atoms with Gasteiger partial charge in [0.2, 0.25) is 0 Å². The highest BCUT2D eigenvalue weighted by atomic mass is 32.2. The molecule has 0 saturated heterocycles. The third-order valence-electron chi connectivity index (χ3n) is 3.53. The Morgan fingerprint density at radius 1 is 1.48 bits per heavy atom. The average molecular weight is 409 g/mol. The van der Waals surface area contributed by atoms with E-state index in [1.54, 1.807) is 17.8 Å². The summed E-state index contributed by atoms with van der Waals surface area (Å²) in [5.41, 5.74) is 2.20. The van der Waals surface area contributed by atoms with Crippen molar-refractivity contribution in [2.75, 3.05) is 30.5 Å².